The fourth-order valence-corrected chi connectivity index (χ4v) is 3.02. The Kier molecular flexibility index (Phi) is 8.66. The number of methoxy groups -OCH3 is 1. The number of amides is 2. The van der Waals surface area contributed by atoms with Gasteiger partial charge >= 0.3 is 0 Å². The van der Waals surface area contributed by atoms with E-state index in [0.29, 0.717) is 34.4 Å². The molecule has 2 aromatic rings. The largest absolute Gasteiger partial charge is 0.385 e. The fraction of sp³-hybridized carbons (Fsp3) is 0.211. The first kappa shape index (κ1) is 22.1. The maximum Gasteiger partial charge on any atom is 0.257 e. The summed E-state index contributed by atoms with van der Waals surface area (Å²) in [4.78, 5) is 24.4. The normalized spacial score (nSPS) is 10.2. The van der Waals surface area contributed by atoms with Crippen LogP contribution in [0, 0.1) is 0 Å². The molecule has 2 aromatic carbocycles. The Labute approximate surface area is 178 Å². The van der Waals surface area contributed by atoms with Crippen LogP contribution in [0.5, 0.6) is 0 Å². The Balaban J connectivity index is 1.94. The van der Waals surface area contributed by atoms with E-state index in [1.165, 1.54) is 18.2 Å². The van der Waals surface area contributed by atoms with Gasteiger partial charge in [0.15, 0.2) is 5.11 Å². The monoisotopic (exact) mass is 439 g/mol. The summed E-state index contributed by atoms with van der Waals surface area (Å²) in [5, 5.41) is 9.01. The molecule has 0 spiro atoms. The molecule has 2 amide bonds. The van der Waals surface area contributed by atoms with Crippen LogP contribution in [-0.4, -0.2) is 37.2 Å². The summed E-state index contributed by atoms with van der Waals surface area (Å²) in [5.41, 5.74) is 1.32. The summed E-state index contributed by atoms with van der Waals surface area (Å²) in [5.74, 6) is -0.655. The molecule has 9 heteroatoms. The average molecular weight is 440 g/mol. The Morgan fingerprint density at radius 2 is 1.75 bits per heavy atom. The highest BCUT2D eigenvalue weighted by molar-refractivity contribution is 7.80. The highest BCUT2D eigenvalue weighted by Gasteiger charge is 2.11. The predicted molar refractivity (Wildman–Crippen MR) is 115 cm³/mol. The van der Waals surface area contributed by atoms with Gasteiger partial charge in [-0.3, -0.25) is 14.9 Å². The van der Waals surface area contributed by atoms with Crippen molar-refractivity contribution in [3.63, 3.8) is 0 Å². The number of ether oxygens (including phenoxy) is 1. The van der Waals surface area contributed by atoms with E-state index in [1.807, 2.05) is 0 Å². The second-order valence-electron chi connectivity index (χ2n) is 5.75. The molecular formula is C19H19Cl2N3O3S. The molecule has 0 aliphatic rings. The lowest BCUT2D eigenvalue weighted by molar-refractivity contribution is 0.0946. The van der Waals surface area contributed by atoms with Gasteiger partial charge in [0.05, 0.1) is 0 Å². The molecule has 0 aliphatic carbocycles. The Morgan fingerprint density at radius 3 is 2.43 bits per heavy atom. The summed E-state index contributed by atoms with van der Waals surface area (Å²) in [6, 6.07) is 11.3. The molecule has 6 nitrogen and oxygen atoms in total. The van der Waals surface area contributed by atoms with Crippen molar-refractivity contribution in [1.82, 2.24) is 10.6 Å². The summed E-state index contributed by atoms with van der Waals surface area (Å²) >= 11 is 17.0. The first-order valence-corrected chi connectivity index (χ1v) is 9.51. The quantitative estimate of drug-likeness (QED) is 0.450. The van der Waals surface area contributed by atoms with Crippen LogP contribution in [-0.2, 0) is 4.74 Å². The van der Waals surface area contributed by atoms with Crippen LogP contribution in [0.15, 0.2) is 42.5 Å². The number of hydrogen-bond acceptors (Lipinski definition) is 4. The zero-order valence-corrected chi connectivity index (χ0v) is 17.4. The summed E-state index contributed by atoms with van der Waals surface area (Å²) in [6.45, 7) is 1.09. The Hall–Kier alpha value is -2.19. The van der Waals surface area contributed by atoms with Crippen LogP contribution in [0.2, 0.25) is 10.0 Å². The van der Waals surface area contributed by atoms with Crippen molar-refractivity contribution in [2.75, 3.05) is 25.6 Å². The lowest BCUT2D eigenvalue weighted by atomic mass is 10.2. The molecule has 0 saturated heterocycles. The molecule has 0 saturated carbocycles. The molecule has 0 bridgehead atoms. The molecule has 0 heterocycles. The van der Waals surface area contributed by atoms with E-state index in [0.717, 1.165) is 6.42 Å². The number of rotatable bonds is 7. The predicted octanol–water partition coefficient (Wildman–Crippen LogP) is 3.89. The maximum atomic E-state index is 12.3. The second kappa shape index (κ2) is 11.0. The molecule has 0 aliphatic heterocycles. The van der Waals surface area contributed by atoms with Crippen molar-refractivity contribution in [3.05, 3.63) is 63.6 Å². The standard InChI is InChI=1S/C19H19Cl2N3O3S/c1-27-7-3-6-22-17(25)12-4-2-5-16(10-12)23-19(28)24-18(26)13-8-14(20)11-15(21)9-13/h2,4-5,8-11H,3,6-7H2,1H3,(H,22,25)(H2,23,24,26,28). The summed E-state index contributed by atoms with van der Waals surface area (Å²) in [7, 11) is 1.61. The second-order valence-corrected chi connectivity index (χ2v) is 7.03. The van der Waals surface area contributed by atoms with Crippen molar-refractivity contribution >= 4 is 58.0 Å². The van der Waals surface area contributed by atoms with Crippen molar-refractivity contribution in [3.8, 4) is 0 Å². The highest BCUT2D eigenvalue weighted by atomic mass is 35.5. The van der Waals surface area contributed by atoms with Gasteiger partial charge in [-0.25, -0.2) is 0 Å². The smallest absolute Gasteiger partial charge is 0.257 e. The average Bonchev–Trinajstić information content (AvgIpc) is 2.64. The zero-order chi connectivity index (χ0) is 20.5. The van der Waals surface area contributed by atoms with E-state index in [2.05, 4.69) is 16.0 Å². The molecule has 0 atom stereocenters. The molecule has 0 radical (unpaired) electrons. The third-order valence-electron chi connectivity index (χ3n) is 3.55. The first-order valence-electron chi connectivity index (χ1n) is 8.34. The topological polar surface area (TPSA) is 79.5 Å². The van der Waals surface area contributed by atoms with Gasteiger partial charge in [0.25, 0.3) is 11.8 Å². The van der Waals surface area contributed by atoms with Crippen LogP contribution >= 0.6 is 35.4 Å². The van der Waals surface area contributed by atoms with Crippen LogP contribution < -0.4 is 16.0 Å². The van der Waals surface area contributed by atoms with Crippen LogP contribution in [0.1, 0.15) is 27.1 Å². The number of thiocarbonyl (C=S) groups is 1. The van der Waals surface area contributed by atoms with Gasteiger partial charge in [-0.1, -0.05) is 29.3 Å². The lowest BCUT2D eigenvalue weighted by Gasteiger charge is -2.11. The maximum absolute atomic E-state index is 12.3. The molecule has 0 fully saturated rings. The molecule has 0 unspecified atom stereocenters. The molecular weight excluding hydrogens is 421 g/mol. The Bertz CT molecular complexity index is 857. The van der Waals surface area contributed by atoms with Crippen molar-refractivity contribution in [2.24, 2.45) is 0 Å². The van der Waals surface area contributed by atoms with Crippen molar-refractivity contribution in [1.29, 1.82) is 0 Å². The molecule has 2 rings (SSSR count). The minimum Gasteiger partial charge on any atom is -0.385 e. The van der Waals surface area contributed by atoms with Crippen LogP contribution in [0.25, 0.3) is 0 Å². The number of nitrogens with one attached hydrogen (secondary N) is 3. The number of benzene rings is 2. The van der Waals surface area contributed by atoms with Gasteiger partial charge in [-0.15, -0.1) is 0 Å². The number of anilines is 1. The number of carbonyl (C=O) groups is 2. The van der Waals surface area contributed by atoms with Crippen LogP contribution in [0.3, 0.4) is 0 Å². The van der Waals surface area contributed by atoms with E-state index in [1.54, 1.807) is 31.4 Å². The van der Waals surface area contributed by atoms with Crippen molar-refractivity contribution in [2.45, 2.75) is 6.42 Å². The molecule has 148 valence electrons. The van der Waals surface area contributed by atoms with Gasteiger partial charge in [-0.05, 0) is 55.0 Å². The third kappa shape index (κ3) is 7.09. The molecule has 28 heavy (non-hydrogen) atoms. The number of carbonyl (C=O) groups excluding carboxylic acids is 2. The van der Waals surface area contributed by atoms with Gasteiger partial charge in [0.1, 0.15) is 0 Å². The summed E-state index contributed by atoms with van der Waals surface area (Å²) in [6.07, 6.45) is 0.726. The molecule has 3 N–H and O–H groups in total. The van der Waals surface area contributed by atoms with Gasteiger partial charge < -0.3 is 15.4 Å². The molecule has 0 aromatic heterocycles. The first-order chi connectivity index (χ1) is 13.4. The van der Waals surface area contributed by atoms with E-state index in [4.69, 9.17) is 40.2 Å². The van der Waals surface area contributed by atoms with E-state index in [-0.39, 0.29) is 16.6 Å². The lowest BCUT2D eigenvalue weighted by Crippen LogP contribution is -2.34. The minimum absolute atomic E-state index is 0.0822. The SMILES string of the molecule is COCCCNC(=O)c1cccc(NC(=S)NC(=O)c2cc(Cl)cc(Cl)c2)c1. The van der Waals surface area contributed by atoms with Crippen molar-refractivity contribution < 1.29 is 14.3 Å². The van der Waals surface area contributed by atoms with E-state index in [9.17, 15) is 9.59 Å². The highest BCUT2D eigenvalue weighted by Crippen LogP contribution is 2.19. The van der Waals surface area contributed by atoms with Gasteiger partial charge in [0, 0.05) is 47.1 Å². The van der Waals surface area contributed by atoms with E-state index < -0.39 is 5.91 Å². The number of halogens is 2. The zero-order valence-electron chi connectivity index (χ0n) is 15.1. The van der Waals surface area contributed by atoms with Gasteiger partial charge in [-0.2, -0.15) is 0 Å². The Morgan fingerprint density at radius 1 is 1.04 bits per heavy atom. The van der Waals surface area contributed by atoms with Gasteiger partial charge in [0.2, 0.25) is 0 Å². The third-order valence-corrected chi connectivity index (χ3v) is 4.19. The fourth-order valence-electron chi connectivity index (χ4n) is 2.28. The minimum atomic E-state index is -0.450. The summed E-state index contributed by atoms with van der Waals surface area (Å²) < 4.78 is 4.94. The van der Waals surface area contributed by atoms with E-state index >= 15 is 0 Å². The van der Waals surface area contributed by atoms with Crippen LogP contribution in [0.4, 0.5) is 5.69 Å². The number of hydrogen-bond donors (Lipinski definition) is 3.